The Labute approximate surface area is 121 Å². The second-order valence-electron chi connectivity index (χ2n) is 5.30. The third-order valence-corrected chi connectivity index (χ3v) is 3.48. The van der Waals surface area contributed by atoms with Crippen LogP contribution in [0.1, 0.15) is 37.0 Å². The molecule has 3 nitrogen and oxygen atoms in total. The molecule has 2 N–H and O–H groups in total. The number of phenolic OH excluding ortho intramolecular Hbond substituents is 1. The molecular weight excluding hydrogens is 313 g/mol. The molecule has 0 spiro atoms. The number of hydrogen-bond acceptors (Lipinski definition) is 2. The Morgan fingerprint density at radius 1 is 1.47 bits per heavy atom. The van der Waals surface area contributed by atoms with Crippen LogP contribution in [0.15, 0.2) is 18.2 Å². The van der Waals surface area contributed by atoms with Gasteiger partial charge in [-0.15, -0.1) is 0 Å². The molecule has 0 unspecified atom stereocenters. The van der Waals surface area contributed by atoms with Gasteiger partial charge in [-0.25, -0.2) is 4.39 Å². The lowest BCUT2D eigenvalue weighted by molar-refractivity contribution is 0.0932. The van der Waals surface area contributed by atoms with Crippen LogP contribution < -0.4 is 5.32 Å². The van der Waals surface area contributed by atoms with E-state index in [1.165, 1.54) is 6.07 Å². The molecule has 0 radical (unpaired) electrons. The zero-order chi connectivity index (χ0) is 14.5. The smallest absolute Gasteiger partial charge is 0.255 e. The summed E-state index contributed by atoms with van der Waals surface area (Å²) in [6.07, 6.45) is 2.01. The second kappa shape index (κ2) is 6.89. The predicted molar refractivity (Wildman–Crippen MR) is 77.2 cm³/mol. The lowest BCUT2D eigenvalue weighted by Crippen LogP contribution is -2.34. The Morgan fingerprint density at radius 2 is 2.16 bits per heavy atom. The number of phenols is 1. The quantitative estimate of drug-likeness (QED) is 0.784. The van der Waals surface area contributed by atoms with Gasteiger partial charge >= 0.3 is 0 Å². The monoisotopic (exact) mass is 331 g/mol. The molecule has 5 heteroatoms. The largest absolute Gasteiger partial charge is 0.507 e. The minimum absolute atomic E-state index is 0.0148. The zero-order valence-electron chi connectivity index (χ0n) is 11.2. The van der Waals surface area contributed by atoms with E-state index in [-0.39, 0.29) is 22.6 Å². The van der Waals surface area contributed by atoms with E-state index >= 15 is 0 Å². The topological polar surface area (TPSA) is 49.3 Å². The maximum absolute atomic E-state index is 12.8. The van der Waals surface area contributed by atoms with Gasteiger partial charge in [0.15, 0.2) is 0 Å². The minimum atomic E-state index is -0.563. The summed E-state index contributed by atoms with van der Waals surface area (Å²) in [5.41, 5.74) is 0.0803. The first-order chi connectivity index (χ1) is 8.85. The highest BCUT2D eigenvalue weighted by atomic mass is 79.9. The number of carbonyl (C=O) groups is 1. The van der Waals surface area contributed by atoms with E-state index in [4.69, 9.17) is 0 Å². The molecule has 19 heavy (non-hydrogen) atoms. The van der Waals surface area contributed by atoms with Crippen molar-refractivity contribution in [2.45, 2.75) is 26.7 Å². The summed E-state index contributed by atoms with van der Waals surface area (Å²) < 4.78 is 12.8. The van der Waals surface area contributed by atoms with Gasteiger partial charge < -0.3 is 10.4 Å². The van der Waals surface area contributed by atoms with Crippen LogP contribution in [0.2, 0.25) is 0 Å². The summed E-state index contributed by atoms with van der Waals surface area (Å²) in [7, 11) is 0. The lowest BCUT2D eigenvalue weighted by atomic mass is 9.88. The average molecular weight is 332 g/mol. The van der Waals surface area contributed by atoms with Crippen molar-refractivity contribution in [1.82, 2.24) is 5.32 Å². The standard InChI is InChI=1S/C14H19BrFNO2/c1-14(2,6-3-7-15)9-17-13(19)11-5-4-10(16)8-12(11)18/h4-5,8,18H,3,6-7,9H2,1-2H3,(H,17,19). The van der Waals surface area contributed by atoms with Crippen molar-refractivity contribution < 1.29 is 14.3 Å². The Kier molecular flexibility index (Phi) is 5.79. The highest BCUT2D eigenvalue weighted by Gasteiger charge is 2.19. The van der Waals surface area contributed by atoms with Crippen molar-refractivity contribution in [2.75, 3.05) is 11.9 Å². The Balaban J connectivity index is 2.60. The molecule has 106 valence electrons. The third-order valence-electron chi connectivity index (χ3n) is 2.92. The fraction of sp³-hybridized carbons (Fsp3) is 0.500. The summed E-state index contributed by atoms with van der Waals surface area (Å²) in [4.78, 5) is 11.9. The molecule has 0 saturated carbocycles. The molecule has 0 aliphatic carbocycles. The molecule has 0 aliphatic rings. The first kappa shape index (κ1) is 16.0. The molecule has 1 aromatic rings. The lowest BCUT2D eigenvalue weighted by Gasteiger charge is -2.24. The van der Waals surface area contributed by atoms with Gasteiger partial charge in [0.05, 0.1) is 5.56 Å². The highest BCUT2D eigenvalue weighted by Crippen LogP contribution is 2.23. The Bertz CT molecular complexity index is 449. The molecule has 0 saturated heterocycles. The number of rotatable bonds is 6. The maximum atomic E-state index is 12.8. The number of alkyl halides is 1. The summed E-state index contributed by atoms with van der Waals surface area (Å²) in [5.74, 6) is -1.29. The molecule has 1 amide bonds. The summed E-state index contributed by atoms with van der Waals surface area (Å²) in [6.45, 7) is 4.65. The van der Waals surface area contributed by atoms with Gasteiger partial charge in [-0.2, -0.15) is 0 Å². The van der Waals surface area contributed by atoms with Gasteiger partial charge in [-0.05, 0) is 30.4 Å². The van der Waals surface area contributed by atoms with E-state index in [0.717, 1.165) is 30.3 Å². The number of aromatic hydroxyl groups is 1. The highest BCUT2D eigenvalue weighted by molar-refractivity contribution is 9.09. The van der Waals surface area contributed by atoms with Crippen molar-refractivity contribution in [3.63, 3.8) is 0 Å². The van der Waals surface area contributed by atoms with Crippen LogP contribution in [0.4, 0.5) is 4.39 Å². The number of amides is 1. The van der Waals surface area contributed by atoms with Crippen LogP contribution in [-0.2, 0) is 0 Å². The minimum Gasteiger partial charge on any atom is -0.507 e. The van der Waals surface area contributed by atoms with Gasteiger partial charge in [0.1, 0.15) is 11.6 Å². The van der Waals surface area contributed by atoms with Crippen LogP contribution in [0, 0.1) is 11.2 Å². The van der Waals surface area contributed by atoms with Crippen LogP contribution in [-0.4, -0.2) is 22.9 Å². The van der Waals surface area contributed by atoms with Gasteiger partial charge in [-0.1, -0.05) is 29.8 Å². The van der Waals surface area contributed by atoms with E-state index in [0.29, 0.717) is 6.54 Å². The maximum Gasteiger partial charge on any atom is 0.255 e. The average Bonchev–Trinajstić information content (AvgIpc) is 2.34. The fourth-order valence-electron chi connectivity index (χ4n) is 1.75. The number of halogens is 2. The molecular formula is C14H19BrFNO2. The molecule has 0 heterocycles. The molecule has 0 bridgehead atoms. The van der Waals surface area contributed by atoms with Crippen LogP contribution in [0.5, 0.6) is 5.75 Å². The van der Waals surface area contributed by atoms with Crippen LogP contribution in [0.25, 0.3) is 0 Å². The second-order valence-corrected chi connectivity index (χ2v) is 6.09. The predicted octanol–water partition coefficient (Wildman–Crippen LogP) is 3.46. The Hall–Kier alpha value is -1.10. The number of carbonyl (C=O) groups excluding carboxylic acids is 1. The summed E-state index contributed by atoms with van der Waals surface area (Å²) >= 11 is 3.38. The van der Waals surface area contributed by atoms with Crippen molar-refractivity contribution in [1.29, 1.82) is 0 Å². The Morgan fingerprint density at radius 3 is 2.74 bits per heavy atom. The van der Waals surface area contributed by atoms with E-state index in [9.17, 15) is 14.3 Å². The van der Waals surface area contributed by atoms with Crippen molar-refractivity contribution in [2.24, 2.45) is 5.41 Å². The molecule has 0 fully saturated rings. The number of hydrogen-bond donors (Lipinski definition) is 2. The normalized spacial score (nSPS) is 11.4. The van der Waals surface area contributed by atoms with E-state index < -0.39 is 5.82 Å². The molecule has 0 atom stereocenters. The molecule has 0 aromatic heterocycles. The van der Waals surface area contributed by atoms with Gasteiger partial charge in [0, 0.05) is 17.9 Å². The first-order valence-corrected chi connectivity index (χ1v) is 7.30. The van der Waals surface area contributed by atoms with Gasteiger partial charge in [0.25, 0.3) is 5.91 Å². The molecule has 1 rings (SSSR count). The van der Waals surface area contributed by atoms with Crippen molar-refractivity contribution in [3.8, 4) is 5.75 Å². The number of benzene rings is 1. The SMILES string of the molecule is CC(C)(CCCBr)CNC(=O)c1ccc(F)cc1O. The number of nitrogens with one attached hydrogen (secondary N) is 1. The van der Waals surface area contributed by atoms with Gasteiger partial charge in [0.2, 0.25) is 0 Å². The molecule has 0 aliphatic heterocycles. The van der Waals surface area contributed by atoms with Crippen LogP contribution >= 0.6 is 15.9 Å². The molecule has 1 aromatic carbocycles. The van der Waals surface area contributed by atoms with Crippen molar-refractivity contribution in [3.05, 3.63) is 29.6 Å². The van der Waals surface area contributed by atoms with Crippen molar-refractivity contribution >= 4 is 21.8 Å². The zero-order valence-corrected chi connectivity index (χ0v) is 12.8. The van der Waals surface area contributed by atoms with E-state index in [2.05, 4.69) is 35.1 Å². The van der Waals surface area contributed by atoms with E-state index in [1.807, 2.05) is 0 Å². The first-order valence-electron chi connectivity index (χ1n) is 6.18. The fourth-order valence-corrected chi connectivity index (χ4v) is 2.03. The van der Waals surface area contributed by atoms with Gasteiger partial charge in [-0.3, -0.25) is 4.79 Å². The summed E-state index contributed by atoms with van der Waals surface area (Å²) in [6, 6.07) is 3.38. The summed E-state index contributed by atoms with van der Waals surface area (Å²) in [5, 5.41) is 13.2. The van der Waals surface area contributed by atoms with Crippen LogP contribution in [0.3, 0.4) is 0 Å². The third kappa shape index (κ3) is 5.19. The van der Waals surface area contributed by atoms with E-state index in [1.54, 1.807) is 0 Å².